The van der Waals surface area contributed by atoms with Crippen LogP contribution in [-0.4, -0.2) is 27.7 Å². The zero-order valence-corrected chi connectivity index (χ0v) is 9.39. The Kier molecular flexibility index (Phi) is 3.38. The lowest BCUT2D eigenvalue weighted by molar-refractivity contribution is 0.270. The van der Waals surface area contributed by atoms with Crippen molar-refractivity contribution in [1.29, 1.82) is 0 Å². The summed E-state index contributed by atoms with van der Waals surface area (Å²) in [5, 5.41) is 1.06. The van der Waals surface area contributed by atoms with Crippen molar-refractivity contribution < 1.29 is 17.3 Å². The fourth-order valence-corrected chi connectivity index (χ4v) is 1.84. The maximum atomic E-state index is 11.4. The lowest BCUT2D eigenvalue weighted by atomic mass is 10.2. The summed E-state index contributed by atoms with van der Waals surface area (Å²) >= 11 is 0. The zero-order chi connectivity index (χ0) is 11.4. The largest absolute Gasteiger partial charge is 0.371 e. The Balaban J connectivity index is 1.94. The van der Waals surface area contributed by atoms with Gasteiger partial charge in [-0.2, -0.15) is 8.42 Å². The maximum absolute atomic E-state index is 11.4. The Morgan fingerprint density at radius 1 is 1.38 bits per heavy atom. The number of epoxide rings is 1. The number of ether oxygens (including phenoxy) is 1. The molecule has 16 heavy (non-hydrogen) atoms. The standard InChI is InChI=1S/C11H12O4S/c12-16(13,15-9-11-8-14-11)7-6-10-4-2-1-3-5-10/h1-7,11H,8-9H2. The molecule has 1 aromatic rings. The van der Waals surface area contributed by atoms with E-state index in [0.29, 0.717) is 6.61 Å². The van der Waals surface area contributed by atoms with Gasteiger partial charge in [0, 0.05) is 0 Å². The van der Waals surface area contributed by atoms with Crippen LogP contribution < -0.4 is 0 Å². The fourth-order valence-electron chi connectivity index (χ4n) is 1.10. The summed E-state index contributed by atoms with van der Waals surface area (Å²) in [5.74, 6) is 0. The van der Waals surface area contributed by atoms with Crippen molar-refractivity contribution in [2.24, 2.45) is 0 Å². The van der Waals surface area contributed by atoms with Gasteiger partial charge in [-0.3, -0.25) is 4.18 Å². The first-order valence-electron chi connectivity index (χ1n) is 4.90. The van der Waals surface area contributed by atoms with Gasteiger partial charge in [0.2, 0.25) is 0 Å². The predicted octanol–water partition coefficient (Wildman–Crippen LogP) is 1.40. The monoisotopic (exact) mass is 240 g/mol. The highest BCUT2D eigenvalue weighted by atomic mass is 32.2. The lowest BCUT2D eigenvalue weighted by Crippen LogP contribution is -2.07. The average Bonchev–Trinajstić information content (AvgIpc) is 3.09. The smallest absolute Gasteiger partial charge is 0.290 e. The second kappa shape index (κ2) is 4.78. The van der Waals surface area contributed by atoms with E-state index in [4.69, 9.17) is 8.92 Å². The second-order valence-electron chi connectivity index (χ2n) is 3.45. The van der Waals surface area contributed by atoms with Crippen molar-refractivity contribution in [2.75, 3.05) is 13.2 Å². The second-order valence-corrected chi connectivity index (χ2v) is 4.94. The minimum absolute atomic E-state index is 0.0556. The van der Waals surface area contributed by atoms with Crippen LogP contribution in [0.3, 0.4) is 0 Å². The maximum Gasteiger partial charge on any atom is 0.290 e. The van der Waals surface area contributed by atoms with Crippen LogP contribution in [0.1, 0.15) is 5.56 Å². The first-order valence-corrected chi connectivity index (χ1v) is 6.37. The molecule has 1 fully saturated rings. The number of hydrogen-bond donors (Lipinski definition) is 0. The molecule has 1 aliphatic heterocycles. The molecule has 0 aliphatic carbocycles. The summed E-state index contributed by atoms with van der Waals surface area (Å²) in [6, 6.07) is 9.18. The van der Waals surface area contributed by atoms with Gasteiger partial charge >= 0.3 is 0 Å². The van der Waals surface area contributed by atoms with Gasteiger partial charge in [0.05, 0.1) is 18.6 Å². The van der Waals surface area contributed by atoms with Crippen LogP contribution in [0.5, 0.6) is 0 Å². The quantitative estimate of drug-likeness (QED) is 0.576. The Morgan fingerprint density at radius 3 is 2.69 bits per heavy atom. The summed E-state index contributed by atoms with van der Waals surface area (Å²) in [5.41, 5.74) is 0.817. The van der Waals surface area contributed by atoms with E-state index in [1.807, 2.05) is 30.3 Å². The van der Waals surface area contributed by atoms with Crippen molar-refractivity contribution in [2.45, 2.75) is 6.10 Å². The summed E-state index contributed by atoms with van der Waals surface area (Å²) < 4.78 is 32.3. The Morgan fingerprint density at radius 2 is 2.06 bits per heavy atom. The summed E-state index contributed by atoms with van der Waals surface area (Å²) in [6.45, 7) is 0.680. The first kappa shape index (κ1) is 11.3. The van der Waals surface area contributed by atoms with Crippen LogP contribution in [0, 0.1) is 0 Å². The van der Waals surface area contributed by atoms with E-state index in [1.54, 1.807) is 0 Å². The molecular weight excluding hydrogens is 228 g/mol. The number of hydrogen-bond acceptors (Lipinski definition) is 4. The van der Waals surface area contributed by atoms with Crippen molar-refractivity contribution >= 4 is 16.2 Å². The Labute approximate surface area is 94.6 Å². The van der Waals surface area contributed by atoms with E-state index < -0.39 is 10.1 Å². The molecule has 1 aromatic carbocycles. The molecule has 0 bridgehead atoms. The zero-order valence-electron chi connectivity index (χ0n) is 8.57. The van der Waals surface area contributed by atoms with Gasteiger partial charge in [-0.25, -0.2) is 0 Å². The SMILES string of the molecule is O=S(=O)(C=Cc1ccccc1)OCC1CO1. The van der Waals surface area contributed by atoms with E-state index in [2.05, 4.69) is 0 Å². The Bertz CT molecular complexity index is 460. The Hall–Kier alpha value is -1.17. The fraction of sp³-hybridized carbons (Fsp3) is 0.273. The van der Waals surface area contributed by atoms with Gasteiger partial charge in [-0.1, -0.05) is 30.3 Å². The minimum Gasteiger partial charge on any atom is -0.371 e. The van der Waals surface area contributed by atoms with E-state index >= 15 is 0 Å². The molecule has 0 radical (unpaired) electrons. The van der Waals surface area contributed by atoms with E-state index in [1.165, 1.54) is 6.08 Å². The van der Waals surface area contributed by atoms with Crippen LogP contribution in [0.25, 0.3) is 6.08 Å². The van der Waals surface area contributed by atoms with Crippen molar-refractivity contribution in [1.82, 2.24) is 0 Å². The van der Waals surface area contributed by atoms with Crippen LogP contribution in [0.2, 0.25) is 0 Å². The molecular formula is C11H12O4S. The topological polar surface area (TPSA) is 55.9 Å². The highest BCUT2D eigenvalue weighted by Gasteiger charge is 2.24. The molecule has 0 N–H and O–H groups in total. The highest BCUT2D eigenvalue weighted by Crippen LogP contribution is 2.11. The van der Waals surface area contributed by atoms with Gasteiger partial charge in [-0.15, -0.1) is 0 Å². The highest BCUT2D eigenvalue weighted by molar-refractivity contribution is 7.89. The average molecular weight is 240 g/mol. The molecule has 0 amide bonds. The third-order valence-electron chi connectivity index (χ3n) is 2.05. The molecule has 1 heterocycles. The normalized spacial score (nSPS) is 20.1. The molecule has 2 rings (SSSR count). The van der Waals surface area contributed by atoms with Crippen LogP contribution >= 0.6 is 0 Å². The molecule has 0 aromatic heterocycles. The molecule has 1 saturated heterocycles. The van der Waals surface area contributed by atoms with Crippen molar-refractivity contribution in [3.05, 3.63) is 41.3 Å². The number of rotatable bonds is 5. The molecule has 0 saturated carbocycles. The minimum atomic E-state index is -3.60. The van der Waals surface area contributed by atoms with Crippen LogP contribution in [0.4, 0.5) is 0 Å². The number of benzene rings is 1. The van der Waals surface area contributed by atoms with E-state index in [-0.39, 0.29) is 12.7 Å². The molecule has 5 heteroatoms. The molecule has 86 valence electrons. The van der Waals surface area contributed by atoms with E-state index in [9.17, 15) is 8.42 Å². The molecule has 0 spiro atoms. The van der Waals surface area contributed by atoms with Gasteiger partial charge < -0.3 is 4.74 Å². The summed E-state index contributed by atoms with van der Waals surface area (Å²) in [4.78, 5) is 0. The molecule has 1 aliphatic rings. The summed E-state index contributed by atoms with van der Waals surface area (Å²) in [6.07, 6.45) is 1.45. The van der Waals surface area contributed by atoms with Crippen LogP contribution in [0.15, 0.2) is 35.7 Å². The third kappa shape index (κ3) is 3.77. The van der Waals surface area contributed by atoms with Gasteiger partial charge in [0.1, 0.15) is 6.10 Å². The van der Waals surface area contributed by atoms with Gasteiger partial charge in [0.25, 0.3) is 10.1 Å². The molecule has 4 nitrogen and oxygen atoms in total. The molecule has 1 atom stereocenters. The van der Waals surface area contributed by atoms with Crippen LogP contribution in [-0.2, 0) is 19.0 Å². The van der Waals surface area contributed by atoms with Gasteiger partial charge in [0.15, 0.2) is 0 Å². The first-order chi connectivity index (χ1) is 7.66. The lowest BCUT2D eigenvalue weighted by Gasteiger charge is -1.98. The molecule has 1 unspecified atom stereocenters. The van der Waals surface area contributed by atoms with Crippen molar-refractivity contribution in [3.8, 4) is 0 Å². The third-order valence-corrected chi connectivity index (χ3v) is 2.98. The predicted molar refractivity (Wildman–Crippen MR) is 60.1 cm³/mol. The van der Waals surface area contributed by atoms with E-state index in [0.717, 1.165) is 11.0 Å². The summed E-state index contributed by atoms with van der Waals surface area (Å²) in [7, 11) is -3.60. The van der Waals surface area contributed by atoms with Gasteiger partial charge in [-0.05, 0) is 11.6 Å². The van der Waals surface area contributed by atoms with Crippen molar-refractivity contribution in [3.63, 3.8) is 0 Å².